The second-order valence-electron chi connectivity index (χ2n) is 19.5. The number of anilines is 1. The van der Waals surface area contributed by atoms with Crippen LogP contribution in [0.5, 0.6) is 11.5 Å². The van der Waals surface area contributed by atoms with Crippen molar-refractivity contribution >= 4 is 39.6 Å². The maximum Gasteiger partial charge on any atom is 0.259 e. The summed E-state index contributed by atoms with van der Waals surface area (Å²) in [7, 11) is -1.38. The number of amides is 1. The molecule has 4 aromatic carbocycles. The first-order valence-corrected chi connectivity index (χ1v) is 27.9. The van der Waals surface area contributed by atoms with Crippen LogP contribution in [-0.4, -0.2) is 91.3 Å². The standard InChI is InChI=1S/C54H66FN6O8PSi/c1-36(2)61(37(3)4)70(66-32-18-31-56)68-47-45(34-65-54(39-21-16-13-17-22-39,40-23-27-42(63-8)28-24-40)41-25-29-43(64-9)30-26-41)67-52(48(47)69-71(10,11)53(5,6)7)60-33-44(55)46-49(57-35-58-50(46)60)59-51(62)38-19-14-12-15-20-38/h12-17,19-30,33,35-37,45,47-48,52H,18,32,34H2,1-11H3,(H,57,58,59,62)/t45-,47-,48-,52?,70?/m1/s1. The minimum absolute atomic E-state index is 0.00129. The number of hydrogen-bond acceptors (Lipinski definition) is 12. The first kappa shape index (κ1) is 53.2. The molecule has 1 N–H and O–H groups in total. The molecule has 1 amide bonds. The van der Waals surface area contributed by atoms with Crippen molar-refractivity contribution in [3.8, 4) is 17.6 Å². The van der Waals surface area contributed by atoms with Crippen molar-refractivity contribution in [1.29, 1.82) is 5.26 Å². The van der Waals surface area contributed by atoms with Crippen LogP contribution in [0, 0.1) is 17.1 Å². The summed E-state index contributed by atoms with van der Waals surface area (Å²) >= 11 is 0. The van der Waals surface area contributed by atoms with Gasteiger partial charge in [-0.15, -0.1) is 0 Å². The Hall–Kier alpha value is -5.60. The van der Waals surface area contributed by atoms with Crippen molar-refractivity contribution in [2.24, 2.45) is 0 Å². The number of nitriles is 1. The number of carbonyl (C=O) groups is 1. The lowest BCUT2D eigenvalue weighted by atomic mass is 9.80. The van der Waals surface area contributed by atoms with Gasteiger partial charge in [0.25, 0.3) is 14.4 Å². The smallest absolute Gasteiger partial charge is 0.259 e. The fraction of sp³-hybridized carbons (Fsp3) is 0.407. The molecule has 1 saturated heterocycles. The van der Waals surface area contributed by atoms with Crippen molar-refractivity contribution in [2.45, 2.75) is 115 Å². The van der Waals surface area contributed by atoms with E-state index in [2.05, 4.69) is 87.6 Å². The summed E-state index contributed by atoms with van der Waals surface area (Å²) in [6.07, 6.45) is -1.04. The summed E-state index contributed by atoms with van der Waals surface area (Å²) in [6.45, 7) is 19.1. The largest absolute Gasteiger partial charge is 0.497 e. The number of benzene rings is 4. The number of carbonyl (C=O) groups excluding carboxylic acids is 1. The van der Waals surface area contributed by atoms with Crippen molar-refractivity contribution in [2.75, 3.05) is 32.8 Å². The molecule has 1 aliphatic rings. The van der Waals surface area contributed by atoms with Gasteiger partial charge in [0.2, 0.25) is 0 Å². The molecule has 5 atom stereocenters. The summed E-state index contributed by atoms with van der Waals surface area (Å²) in [4.78, 5) is 22.4. The Morgan fingerprint density at radius 3 is 1.96 bits per heavy atom. The van der Waals surface area contributed by atoms with E-state index in [1.165, 1.54) is 12.5 Å². The van der Waals surface area contributed by atoms with Crippen LogP contribution in [0.4, 0.5) is 10.2 Å². The van der Waals surface area contributed by atoms with E-state index in [0.29, 0.717) is 17.1 Å². The third-order valence-electron chi connectivity index (χ3n) is 13.1. The van der Waals surface area contributed by atoms with E-state index in [1.807, 2.05) is 84.9 Å². The maximum atomic E-state index is 16.8. The van der Waals surface area contributed by atoms with Crippen LogP contribution in [0.2, 0.25) is 18.1 Å². The Morgan fingerprint density at radius 2 is 1.42 bits per heavy atom. The monoisotopic (exact) mass is 1000 g/mol. The van der Waals surface area contributed by atoms with Gasteiger partial charge in [0, 0.05) is 23.8 Å². The van der Waals surface area contributed by atoms with Gasteiger partial charge in [0.05, 0.1) is 45.3 Å². The summed E-state index contributed by atoms with van der Waals surface area (Å²) in [5.74, 6) is 0.215. The predicted octanol–water partition coefficient (Wildman–Crippen LogP) is 11.8. The number of methoxy groups -OCH3 is 2. The molecule has 2 unspecified atom stereocenters. The summed E-state index contributed by atoms with van der Waals surface area (Å²) < 4.78 is 68.1. The molecule has 0 radical (unpaired) electrons. The van der Waals surface area contributed by atoms with Crippen LogP contribution >= 0.6 is 8.53 Å². The van der Waals surface area contributed by atoms with E-state index in [9.17, 15) is 10.1 Å². The number of hydrogen-bond donors (Lipinski definition) is 1. The molecule has 376 valence electrons. The topological polar surface area (TPSA) is 151 Å². The maximum absolute atomic E-state index is 16.8. The molecular formula is C54H66FN6O8PSi. The molecular weight excluding hydrogens is 939 g/mol. The van der Waals surface area contributed by atoms with Crippen molar-refractivity contribution in [3.05, 3.63) is 150 Å². The highest BCUT2D eigenvalue weighted by molar-refractivity contribution is 7.44. The van der Waals surface area contributed by atoms with E-state index in [-0.39, 0.29) is 53.6 Å². The summed E-state index contributed by atoms with van der Waals surface area (Å²) in [5.41, 5.74) is 1.76. The lowest BCUT2D eigenvalue weighted by Crippen LogP contribution is -2.50. The Kier molecular flexibility index (Phi) is 17.1. The quantitative estimate of drug-likeness (QED) is 0.0316. The van der Waals surface area contributed by atoms with Gasteiger partial charge in [-0.1, -0.05) is 93.6 Å². The molecule has 71 heavy (non-hydrogen) atoms. The molecule has 1 aliphatic heterocycles. The number of rotatable bonds is 21. The Bertz CT molecular complexity index is 2680. The van der Waals surface area contributed by atoms with E-state index in [1.54, 1.807) is 43.1 Å². The number of ether oxygens (including phenoxy) is 4. The highest BCUT2D eigenvalue weighted by Crippen LogP contribution is 2.53. The average Bonchev–Trinajstić information content (AvgIpc) is 3.87. The first-order valence-electron chi connectivity index (χ1n) is 23.9. The molecule has 17 heteroatoms. The molecule has 6 aromatic rings. The van der Waals surface area contributed by atoms with Crippen LogP contribution in [0.1, 0.15) is 88.2 Å². The summed E-state index contributed by atoms with van der Waals surface area (Å²) in [5, 5.41) is 12.2. The van der Waals surface area contributed by atoms with Gasteiger partial charge in [-0.3, -0.25) is 4.79 Å². The van der Waals surface area contributed by atoms with Crippen LogP contribution in [-0.2, 0) is 28.5 Å². The Balaban J connectivity index is 1.43. The van der Waals surface area contributed by atoms with Crippen LogP contribution in [0.25, 0.3) is 11.0 Å². The third-order valence-corrected chi connectivity index (χ3v) is 19.7. The van der Waals surface area contributed by atoms with Crippen molar-refractivity contribution < 1.29 is 41.6 Å². The molecule has 2 aromatic heterocycles. The number of halogens is 1. The Morgan fingerprint density at radius 1 is 0.859 bits per heavy atom. The first-order chi connectivity index (χ1) is 33.9. The van der Waals surface area contributed by atoms with Gasteiger partial charge in [0.1, 0.15) is 47.6 Å². The van der Waals surface area contributed by atoms with Crippen LogP contribution in [0.15, 0.2) is 122 Å². The predicted molar refractivity (Wildman–Crippen MR) is 276 cm³/mol. The minimum Gasteiger partial charge on any atom is -0.497 e. The van der Waals surface area contributed by atoms with Crippen LogP contribution < -0.4 is 14.8 Å². The molecule has 7 rings (SSSR count). The molecule has 1 fully saturated rings. The fourth-order valence-electron chi connectivity index (χ4n) is 8.61. The van der Waals surface area contributed by atoms with Crippen molar-refractivity contribution in [1.82, 2.24) is 19.2 Å². The van der Waals surface area contributed by atoms with Gasteiger partial charge in [-0.05, 0) is 98.9 Å². The van der Waals surface area contributed by atoms with Gasteiger partial charge in [-0.25, -0.2) is 19.0 Å². The lowest BCUT2D eigenvalue weighted by molar-refractivity contribution is -0.0926. The molecule has 0 saturated carbocycles. The van der Waals surface area contributed by atoms with Gasteiger partial charge in [-0.2, -0.15) is 5.26 Å². The minimum atomic E-state index is -2.75. The number of aromatic nitrogens is 3. The second kappa shape index (κ2) is 22.9. The number of nitrogens with one attached hydrogen (secondary N) is 1. The third kappa shape index (κ3) is 11.5. The van der Waals surface area contributed by atoms with E-state index >= 15 is 4.39 Å². The van der Waals surface area contributed by atoms with E-state index < -0.39 is 58.7 Å². The number of nitrogens with zero attached hydrogens (tertiary/aromatic N) is 5. The van der Waals surface area contributed by atoms with Crippen LogP contribution in [0.3, 0.4) is 0 Å². The van der Waals surface area contributed by atoms with Gasteiger partial charge >= 0.3 is 0 Å². The molecule has 0 spiro atoms. The zero-order valence-corrected chi connectivity index (χ0v) is 44.4. The average molecular weight is 1010 g/mol. The van der Waals surface area contributed by atoms with E-state index in [4.69, 9.17) is 32.4 Å². The zero-order chi connectivity index (χ0) is 51.1. The number of fused-ring (bicyclic) bond motifs is 1. The molecule has 0 bridgehead atoms. The molecule has 0 aliphatic carbocycles. The highest BCUT2D eigenvalue weighted by Gasteiger charge is 2.54. The Labute approximate surface area is 419 Å². The summed E-state index contributed by atoms with van der Waals surface area (Å²) in [6, 6.07) is 36.3. The second-order valence-corrected chi connectivity index (χ2v) is 25.6. The fourth-order valence-corrected chi connectivity index (χ4v) is 11.7. The SMILES string of the molecule is COc1ccc(C(OC[C@H]2OC(n3cc(F)c4c(NC(=O)c5ccccc5)ncnc43)[C@H](O[Si](C)(C)C(C)(C)C)[C@@H]2OP(OCCC#N)N(C(C)C)C(C)C)(c2ccccc2)c2ccc(OC)cc2)cc1. The van der Waals surface area contributed by atoms with Gasteiger partial charge in [0.15, 0.2) is 26.0 Å². The van der Waals surface area contributed by atoms with Crippen molar-refractivity contribution in [3.63, 3.8) is 0 Å². The van der Waals surface area contributed by atoms with Gasteiger partial charge < -0.3 is 42.3 Å². The molecule has 3 heterocycles. The molecule has 14 nitrogen and oxygen atoms in total. The lowest BCUT2D eigenvalue weighted by Gasteiger charge is -2.42. The van der Waals surface area contributed by atoms with E-state index in [0.717, 1.165) is 16.7 Å². The normalized spacial score (nSPS) is 18.0. The zero-order valence-electron chi connectivity index (χ0n) is 42.5. The highest BCUT2D eigenvalue weighted by atomic mass is 31.2.